The van der Waals surface area contributed by atoms with E-state index in [2.05, 4.69) is 0 Å². The predicted molar refractivity (Wildman–Crippen MR) is 59.7 cm³/mol. The van der Waals surface area contributed by atoms with E-state index in [-0.39, 0.29) is 12.2 Å². The first-order valence-electron chi connectivity index (χ1n) is 5.12. The molecule has 0 aliphatic rings. The number of hydrogen-bond acceptors (Lipinski definition) is 2. The van der Waals surface area contributed by atoms with Gasteiger partial charge in [-0.2, -0.15) is 0 Å². The Morgan fingerprint density at radius 1 is 1.20 bits per heavy atom. The van der Waals surface area contributed by atoms with E-state index in [1.807, 2.05) is 19.1 Å². The van der Waals surface area contributed by atoms with Crippen LogP contribution < -0.4 is 0 Å². The lowest BCUT2D eigenvalue weighted by Gasteiger charge is -1.99. The molecule has 0 rings (SSSR count). The van der Waals surface area contributed by atoms with Crippen molar-refractivity contribution in [3.63, 3.8) is 0 Å². The van der Waals surface area contributed by atoms with Gasteiger partial charge in [-0.3, -0.25) is 9.59 Å². The Bertz CT molecular complexity index is 275. The molecule has 1 N–H and O–H groups in total. The monoisotopic (exact) mass is 210 g/mol. The summed E-state index contributed by atoms with van der Waals surface area (Å²) < 4.78 is 0. The van der Waals surface area contributed by atoms with Gasteiger partial charge in [0.25, 0.3) is 0 Å². The largest absolute Gasteiger partial charge is 0.481 e. The van der Waals surface area contributed by atoms with E-state index in [1.54, 1.807) is 13.0 Å². The highest BCUT2D eigenvalue weighted by Crippen LogP contribution is 2.06. The molecule has 15 heavy (non-hydrogen) atoms. The Balaban J connectivity index is 3.79. The molecule has 0 spiro atoms. The summed E-state index contributed by atoms with van der Waals surface area (Å²) in [4.78, 5) is 21.7. The third-order valence-electron chi connectivity index (χ3n) is 2.02. The van der Waals surface area contributed by atoms with Crippen LogP contribution in [0.1, 0.15) is 39.5 Å². The molecule has 0 heterocycles. The number of carboxylic acids is 1. The van der Waals surface area contributed by atoms with Gasteiger partial charge in [-0.15, -0.1) is 0 Å². The molecule has 3 nitrogen and oxygen atoms in total. The van der Waals surface area contributed by atoms with Gasteiger partial charge in [0.15, 0.2) is 5.78 Å². The summed E-state index contributed by atoms with van der Waals surface area (Å²) in [6.45, 7) is 3.67. The highest BCUT2D eigenvalue weighted by Gasteiger charge is 2.04. The van der Waals surface area contributed by atoms with Crippen LogP contribution in [0.5, 0.6) is 0 Å². The molecule has 0 saturated heterocycles. The maximum atomic E-state index is 11.4. The number of rotatable bonds is 7. The van der Waals surface area contributed by atoms with Crippen LogP contribution in [0.3, 0.4) is 0 Å². The standard InChI is InChI=1S/C12H18O3/c1-3-4-7-10(2)11(13)8-5-6-9-12(14)15/h3-4,7H,5-6,8-9H2,1-2H3,(H,14,15)/b4-3-,10-7+. The number of carbonyl (C=O) groups excluding carboxylic acids is 1. The summed E-state index contributed by atoms with van der Waals surface area (Å²) >= 11 is 0. The van der Waals surface area contributed by atoms with Gasteiger partial charge in [0.1, 0.15) is 0 Å². The lowest BCUT2D eigenvalue weighted by atomic mass is 10.1. The molecule has 0 unspecified atom stereocenters. The number of aliphatic carboxylic acids is 1. The van der Waals surface area contributed by atoms with Crippen molar-refractivity contribution in [2.24, 2.45) is 0 Å². The average Bonchev–Trinajstić information content (AvgIpc) is 2.20. The lowest BCUT2D eigenvalue weighted by Crippen LogP contribution is -2.00. The fourth-order valence-corrected chi connectivity index (χ4v) is 1.09. The topological polar surface area (TPSA) is 54.4 Å². The van der Waals surface area contributed by atoms with E-state index >= 15 is 0 Å². The Hall–Kier alpha value is -1.38. The van der Waals surface area contributed by atoms with E-state index in [4.69, 9.17) is 5.11 Å². The van der Waals surface area contributed by atoms with Gasteiger partial charge in [0, 0.05) is 12.8 Å². The van der Waals surface area contributed by atoms with Gasteiger partial charge in [-0.05, 0) is 32.3 Å². The van der Waals surface area contributed by atoms with Crippen molar-refractivity contribution in [1.29, 1.82) is 0 Å². The van der Waals surface area contributed by atoms with Crippen LogP contribution in [0.2, 0.25) is 0 Å². The van der Waals surface area contributed by atoms with Gasteiger partial charge in [-0.25, -0.2) is 0 Å². The number of carbonyl (C=O) groups is 2. The molecular weight excluding hydrogens is 192 g/mol. The van der Waals surface area contributed by atoms with Crippen molar-refractivity contribution in [1.82, 2.24) is 0 Å². The van der Waals surface area contributed by atoms with Crippen molar-refractivity contribution >= 4 is 11.8 Å². The highest BCUT2D eigenvalue weighted by atomic mass is 16.4. The molecular formula is C12H18O3. The molecule has 0 aromatic carbocycles. The second-order valence-electron chi connectivity index (χ2n) is 3.40. The maximum Gasteiger partial charge on any atom is 0.303 e. The number of ketones is 1. The van der Waals surface area contributed by atoms with E-state index in [0.717, 1.165) is 5.57 Å². The molecule has 0 bridgehead atoms. The molecule has 0 aromatic heterocycles. The van der Waals surface area contributed by atoms with Crippen LogP contribution in [0.4, 0.5) is 0 Å². The third-order valence-corrected chi connectivity index (χ3v) is 2.02. The van der Waals surface area contributed by atoms with Crippen molar-refractivity contribution in [2.75, 3.05) is 0 Å². The second kappa shape index (κ2) is 7.97. The minimum atomic E-state index is -0.802. The fraction of sp³-hybridized carbons (Fsp3) is 0.500. The zero-order valence-corrected chi connectivity index (χ0v) is 9.32. The summed E-state index contributed by atoms with van der Waals surface area (Å²) in [7, 11) is 0. The number of Topliss-reactive ketones (excluding diaryl/α,β-unsaturated/α-hetero) is 1. The minimum Gasteiger partial charge on any atom is -0.481 e. The van der Waals surface area contributed by atoms with Crippen molar-refractivity contribution in [3.8, 4) is 0 Å². The smallest absolute Gasteiger partial charge is 0.303 e. The van der Waals surface area contributed by atoms with Crippen LogP contribution in [0.25, 0.3) is 0 Å². The Labute approximate surface area is 90.5 Å². The molecule has 0 aromatic rings. The Morgan fingerprint density at radius 2 is 1.80 bits per heavy atom. The number of hydrogen-bond donors (Lipinski definition) is 1. The third kappa shape index (κ3) is 7.67. The van der Waals surface area contributed by atoms with Crippen LogP contribution in [0, 0.1) is 0 Å². The molecule has 0 amide bonds. The van der Waals surface area contributed by atoms with Gasteiger partial charge in [0.05, 0.1) is 0 Å². The van der Waals surface area contributed by atoms with Gasteiger partial charge in [0.2, 0.25) is 0 Å². The normalized spacial score (nSPS) is 12.0. The van der Waals surface area contributed by atoms with E-state index in [0.29, 0.717) is 19.3 Å². The van der Waals surface area contributed by atoms with E-state index in [9.17, 15) is 9.59 Å². The Morgan fingerprint density at radius 3 is 2.33 bits per heavy atom. The summed E-state index contributed by atoms with van der Waals surface area (Å²) in [6.07, 6.45) is 7.26. The summed E-state index contributed by atoms with van der Waals surface area (Å²) in [5, 5.41) is 8.40. The SMILES string of the molecule is C/C=C\C=C(/C)C(=O)CCCCC(=O)O. The number of allylic oxidation sites excluding steroid dienone is 4. The summed E-state index contributed by atoms with van der Waals surface area (Å²) in [6, 6.07) is 0. The average molecular weight is 210 g/mol. The maximum absolute atomic E-state index is 11.4. The molecule has 0 aliphatic heterocycles. The minimum absolute atomic E-state index is 0.0958. The van der Waals surface area contributed by atoms with Crippen molar-refractivity contribution in [3.05, 3.63) is 23.8 Å². The number of carboxylic acid groups (broad SMARTS) is 1. The predicted octanol–water partition coefficient (Wildman–Crippen LogP) is 2.72. The molecule has 0 saturated carbocycles. The van der Waals surface area contributed by atoms with Crippen LogP contribution >= 0.6 is 0 Å². The Kier molecular flexibility index (Phi) is 7.24. The first-order chi connectivity index (χ1) is 7.07. The van der Waals surface area contributed by atoms with Gasteiger partial charge in [-0.1, -0.05) is 18.2 Å². The van der Waals surface area contributed by atoms with Crippen LogP contribution in [-0.2, 0) is 9.59 Å². The fourth-order valence-electron chi connectivity index (χ4n) is 1.09. The van der Waals surface area contributed by atoms with Crippen LogP contribution in [-0.4, -0.2) is 16.9 Å². The van der Waals surface area contributed by atoms with E-state index < -0.39 is 5.97 Å². The highest BCUT2D eigenvalue weighted by molar-refractivity contribution is 5.94. The van der Waals surface area contributed by atoms with E-state index in [1.165, 1.54) is 0 Å². The molecule has 0 atom stereocenters. The van der Waals surface area contributed by atoms with Crippen molar-refractivity contribution < 1.29 is 14.7 Å². The molecule has 84 valence electrons. The summed E-state index contributed by atoms with van der Waals surface area (Å²) in [5.74, 6) is -0.706. The molecule has 0 fully saturated rings. The quantitative estimate of drug-likeness (QED) is 0.399. The molecule has 0 aliphatic carbocycles. The second-order valence-corrected chi connectivity index (χ2v) is 3.40. The lowest BCUT2D eigenvalue weighted by molar-refractivity contribution is -0.137. The zero-order chi connectivity index (χ0) is 11.7. The molecule has 0 radical (unpaired) electrons. The number of unbranched alkanes of at least 4 members (excludes halogenated alkanes) is 1. The van der Waals surface area contributed by atoms with Crippen LogP contribution in [0.15, 0.2) is 23.8 Å². The first kappa shape index (κ1) is 13.6. The van der Waals surface area contributed by atoms with Gasteiger partial charge < -0.3 is 5.11 Å². The summed E-state index contributed by atoms with van der Waals surface area (Å²) in [5.41, 5.74) is 0.725. The van der Waals surface area contributed by atoms with Crippen molar-refractivity contribution in [2.45, 2.75) is 39.5 Å². The first-order valence-corrected chi connectivity index (χ1v) is 5.12. The zero-order valence-electron chi connectivity index (χ0n) is 9.32. The van der Waals surface area contributed by atoms with Gasteiger partial charge >= 0.3 is 5.97 Å². The molecule has 3 heteroatoms.